The highest BCUT2D eigenvalue weighted by molar-refractivity contribution is 5.97. The second-order valence-electron chi connectivity index (χ2n) is 7.51. The summed E-state index contributed by atoms with van der Waals surface area (Å²) in [5.74, 6) is -1.27. The summed E-state index contributed by atoms with van der Waals surface area (Å²) < 4.78 is 32.1. The van der Waals surface area contributed by atoms with Crippen LogP contribution >= 0.6 is 0 Å². The predicted octanol–water partition coefficient (Wildman–Crippen LogP) is 4.40. The van der Waals surface area contributed by atoms with Gasteiger partial charge in [0.1, 0.15) is 23.4 Å². The Hall–Kier alpha value is -3.94. The molecule has 6 nitrogen and oxygen atoms in total. The molecule has 2 atom stereocenters. The molecule has 0 aliphatic carbocycles. The number of rotatable bonds is 5. The van der Waals surface area contributed by atoms with E-state index >= 15 is 0 Å². The number of hydrogen-bond donors (Lipinski definition) is 1. The van der Waals surface area contributed by atoms with E-state index in [1.807, 2.05) is 0 Å². The van der Waals surface area contributed by atoms with Crippen molar-refractivity contribution in [2.45, 2.75) is 18.7 Å². The van der Waals surface area contributed by atoms with Gasteiger partial charge in [-0.2, -0.15) is 0 Å². The summed E-state index contributed by atoms with van der Waals surface area (Å²) >= 11 is 0. The number of anilines is 1. The number of carbonyl (C=O) groups is 2. The number of nitrogens with zero attached hydrogens (tertiary/aromatic N) is 2. The van der Waals surface area contributed by atoms with Crippen molar-refractivity contribution in [2.24, 2.45) is 0 Å². The number of benzene rings is 3. The third-order valence-electron chi connectivity index (χ3n) is 5.28. The van der Waals surface area contributed by atoms with Crippen molar-refractivity contribution in [3.63, 3.8) is 0 Å². The van der Waals surface area contributed by atoms with E-state index in [-0.39, 0.29) is 18.1 Å². The van der Waals surface area contributed by atoms with Gasteiger partial charge in [-0.05, 0) is 59.7 Å². The summed E-state index contributed by atoms with van der Waals surface area (Å²) in [6.07, 6.45) is -1.93. The van der Waals surface area contributed by atoms with Crippen molar-refractivity contribution in [3.05, 3.63) is 95.6 Å². The molecule has 0 aromatic heterocycles. The van der Waals surface area contributed by atoms with Gasteiger partial charge in [0, 0.05) is 19.3 Å². The molecule has 32 heavy (non-hydrogen) atoms. The molecule has 3 aromatic rings. The highest BCUT2D eigenvalue weighted by Crippen LogP contribution is 2.38. The second-order valence-corrected chi connectivity index (χ2v) is 7.51. The molecule has 1 N–H and O–H groups in total. The van der Waals surface area contributed by atoms with Crippen LogP contribution in [0.15, 0.2) is 72.8 Å². The van der Waals surface area contributed by atoms with E-state index < -0.39 is 30.0 Å². The molecule has 1 heterocycles. The summed E-state index contributed by atoms with van der Waals surface area (Å²) in [6.45, 7) is 0.187. The van der Waals surface area contributed by atoms with Crippen LogP contribution in [0.4, 0.5) is 19.3 Å². The molecule has 1 saturated heterocycles. The zero-order valence-electron chi connectivity index (χ0n) is 17.1. The number of amides is 2. The maximum Gasteiger partial charge on any atom is 0.415 e. The summed E-state index contributed by atoms with van der Waals surface area (Å²) in [5, 5.41) is 9.66. The van der Waals surface area contributed by atoms with E-state index in [2.05, 4.69) is 0 Å². The fraction of sp³-hybridized carbons (Fsp3) is 0.167. The maximum atomic E-state index is 13.4. The number of ether oxygens (including phenoxy) is 1. The molecule has 0 saturated carbocycles. The van der Waals surface area contributed by atoms with Gasteiger partial charge in [-0.25, -0.2) is 13.6 Å². The molecule has 0 spiro atoms. The standard InChI is InChI=1S/C24H20F2N2O4/c1-27(14-15-2-6-17(25)7-3-15)23(30)22-21(16-4-12-20(29)13-5-16)28(24(31)32-22)19-10-8-18(26)9-11-19/h2-13,21-22,29H,14H2,1H3/t21-,22+/m1/s1. The van der Waals surface area contributed by atoms with Crippen LogP contribution in [0, 0.1) is 11.6 Å². The van der Waals surface area contributed by atoms with E-state index in [1.54, 1.807) is 31.3 Å². The highest BCUT2D eigenvalue weighted by Gasteiger charge is 2.48. The first kappa shape index (κ1) is 21.3. The van der Waals surface area contributed by atoms with Crippen LogP contribution in [0.2, 0.25) is 0 Å². The Labute approximate surface area is 183 Å². The number of aromatic hydroxyl groups is 1. The Morgan fingerprint density at radius 1 is 0.969 bits per heavy atom. The minimum absolute atomic E-state index is 0.0311. The second kappa shape index (κ2) is 8.66. The van der Waals surface area contributed by atoms with Gasteiger partial charge >= 0.3 is 6.09 Å². The largest absolute Gasteiger partial charge is 0.508 e. The molecule has 1 fully saturated rings. The molecule has 4 rings (SSSR count). The fourth-order valence-corrected chi connectivity index (χ4v) is 3.69. The summed E-state index contributed by atoms with van der Waals surface area (Å²) in [6, 6.07) is 16.3. The lowest BCUT2D eigenvalue weighted by Gasteiger charge is -2.27. The molecule has 1 aliphatic heterocycles. The number of hydrogen-bond acceptors (Lipinski definition) is 4. The Bertz CT molecular complexity index is 1120. The number of carbonyl (C=O) groups excluding carboxylic acids is 2. The Kier molecular flexibility index (Phi) is 5.77. The molecular weight excluding hydrogens is 418 g/mol. The van der Waals surface area contributed by atoms with Gasteiger partial charge < -0.3 is 14.7 Å². The predicted molar refractivity (Wildman–Crippen MR) is 113 cm³/mol. The van der Waals surface area contributed by atoms with Gasteiger partial charge in [0.2, 0.25) is 6.10 Å². The van der Waals surface area contributed by atoms with Crippen molar-refractivity contribution in [1.29, 1.82) is 0 Å². The first-order valence-electron chi connectivity index (χ1n) is 9.87. The lowest BCUT2D eigenvalue weighted by Crippen LogP contribution is -2.40. The molecule has 0 unspecified atom stereocenters. The quantitative estimate of drug-likeness (QED) is 0.641. The smallest absolute Gasteiger partial charge is 0.415 e. The van der Waals surface area contributed by atoms with Crippen molar-refractivity contribution in [3.8, 4) is 5.75 Å². The third kappa shape index (κ3) is 4.25. The molecule has 8 heteroatoms. The summed E-state index contributed by atoms with van der Waals surface area (Å²) in [7, 11) is 1.56. The monoisotopic (exact) mass is 438 g/mol. The molecule has 1 aliphatic rings. The van der Waals surface area contributed by atoms with Crippen LogP contribution in [0.3, 0.4) is 0 Å². The van der Waals surface area contributed by atoms with Gasteiger partial charge in [0.15, 0.2) is 0 Å². The van der Waals surface area contributed by atoms with Crippen molar-refractivity contribution in [2.75, 3.05) is 11.9 Å². The van der Waals surface area contributed by atoms with Gasteiger partial charge in [-0.15, -0.1) is 0 Å². The number of phenolic OH excluding ortho intramolecular Hbond substituents is 1. The highest BCUT2D eigenvalue weighted by atomic mass is 19.1. The number of phenols is 1. The molecule has 3 aromatic carbocycles. The van der Waals surface area contributed by atoms with Crippen LogP contribution in [0.1, 0.15) is 17.2 Å². The minimum atomic E-state index is -1.18. The lowest BCUT2D eigenvalue weighted by molar-refractivity contribution is -0.138. The Morgan fingerprint density at radius 2 is 1.53 bits per heavy atom. The van der Waals surface area contributed by atoms with E-state index in [9.17, 15) is 23.5 Å². The van der Waals surface area contributed by atoms with Crippen molar-refractivity contribution < 1.29 is 28.2 Å². The molecule has 0 radical (unpaired) electrons. The Balaban J connectivity index is 1.66. The average molecular weight is 438 g/mol. The van der Waals surface area contributed by atoms with E-state index in [4.69, 9.17) is 4.74 Å². The van der Waals surface area contributed by atoms with E-state index in [0.717, 1.165) is 0 Å². The van der Waals surface area contributed by atoms with E-state index in [0.29, 0.717) is 16.8 Å². The van der Waals surface area contributed by atoms with Crippen LogP contribution in [0.25, 0.3) is 0 Å². The van der Waals surface area contributed by atoms with Gasteiger partial charge in [0.25, 0.3) is 5.91 Å². The SMILES string of the molecule is CN(Cc1ccc(F)cc1)C(=O)[C@H]1OC(=O)N(c2ccc(F)cc2)[C@@H]1c1ccc(O)cc1. The number of halogens is 2. The van der Waals surface area contributed by atoms with Crippen LogP contribution in [-0.2, 0) is 16.1 Å². The first-order chi connectivity index (χ1) is 15.3. The van der Waals surface area contributed by atoms with Crippen molar-refractivity contribution in [1.82, 2.24) is 4.90 Å². The van der Waals surface area contributed by atoms with Gasteiger partial charge in [-0.3, -0.25) is 9.69 Å². The van der Waals surface area contributed by atoms with Crippen LogP contribution in [-0.4, -0.2) is 35.2 Å². The average Bonchev–Trinajstić information content (AvgIpc) is 3.13. The van der Waals surface area contributed by atoms with Crippen LogP contribution < -0.4 is 4.90 Å². The molecule has 0 bridgehead atoms. The summed E-state index contributed by atoms with van der Waals surface area (Å²) in [4.78, 5) is 28.8. The van der Waals surface area contributed by atoms with Gasteiger partial charge in [-0.1, -0.05) is 24.3 Å². The zero-order valence-corrected chi connectivity index (χ0v) is 17.1. The topological polar surface area (TPSA) is 70.1 Å². The molecule has 2 amide bonds. The zero-order chi connectivity index (χ0) is 22.8. The van der Waals surface area contributed by atoms with Crippen LogP contribution in [0.5, 0.6) is 5.75 Å². The molecule has 164 valence electrons. The third-order valence-corrected chi connectivity index (χ3v) is 5.28. The maximum absolute atomic E-state index is 13.4. The first-order valence-corrected chi connectivity index (χ1v) is 9.87. The van der Waals surface area contributed by atoms with E-state index in [1.165, 1.54) is 58.3 Å². The normalized spacial score (nSPS) is 17.8. The van der Waals surface area contributed by atoms with Crippen molar-refractivity contribution >= 4 is 17.7 Å². The lowest BCUT2D eigenvalue weighted by atomic mass is 9.99. The Morgan fingerprint density at radius 3 is 2.12 bits per heavy atom. The molecular formula is C24H20F2N2O4. The van der Waals surface area contributed by atoms with Gasteiger partial charge in [0.05, 0.1) is 0 Å². The summed E-state index contributed by atoms with van der Waals surface area (Å²) in [5.41, 5.74) is 1.64. The minimum Gasteiger partial charge on any atom is -0.508 e. The fourth-order valence-electron chi connectivity index (χ4n) is 3.69. The number of likely N-dealkylation sites (N-methyl/N-ethyl adjacent to an activating group) is 1. The number of cyclic esters (lactones) is 1.